The van der Waals surface area contributed by atoms with Crippen LogP contribution in [0.15, 0.2) is 30.5 Å². The number of aryl methyl sites for hydroxylation is 1. The van der Waals surface area contributed by atoms with Gasteiger partial charge in [-0.05, 0) is 50.3 Å². The van der Waals surface area contributed by atoms with Crippen LogP contribution in [0.3, 0.4) is 0 Å². The zero-order chi connectivity index (χ0) is 21.6. The number of nitrogens with zero attached hydrogens (tertiary/aromatic N) is 4. The molecule has 5 heteroatoms. The first-order valence-corrected chi connectivity index (χ1v) is 12.1. The van der Waals surface area contributed by atoms with E-state index >= 15 is 0 Å². The third-order valence-electron chi connectivity index (χ3n) is 7.16. The van der Waals surface area contributed by atoms with Crippen LogP contribution >= 0.6 is 0 Å². The standard InChI is InChI=1S/C26H40N4O/c1-28(17-21-13-14-30(18-21)15-16-31-3)19-25-20-29(2)27-26(25)24-11-9-23(10-12-24)22-7-5-4-6-8-22/h9-12,20-22H,4-8,13-19H2,1-3H3. The van der Waals surface area contributed by atoms with E-state index in [1.165, 1.54) is 68.3 Å². The maximum Gasteiger partial charge on any atom is 0.0968 e. The van der Waals surface area contributed by atoms with E-state index in [4.69, 9.17) is 9.84 Å². The van der Waals surface area contributed by atoms with E-state index in [0.29, 0.717) is 0 Å². The Morgan fingerprint density at radius 1 is 1.10 bits per heavy atom. The quantitative estimate of drug-likeness (QED) is 0.592. The molecule has 5 nitrogen and oxygen atoms in total. The molecule has 0 N–H and O–H groups in total. The minimum atomic E-state index is 0.747. The minimum Gasteiger partial charge on any atom is -0.383 e. The van der Waals surface area contributed by atoms with Gasteiger partial charge in [-0.2, -0.15) is 5.10 Å². The Balaban J connectivity index is 1.37. The Kier molecular flexibility index (Phi) is 7.81. The molecular formula is C26H40N4O. The molecule has 2 aromatic rings. The van der Waals surface area contributed by atoms with Crippen LogP contribution in [0.5, 0.6) is 0 Å². The van der Waals surface area contributed by atoms with E-state index in [1.54, 1.807) is 7.11 Å². The van der Waals surface area contributed by atoms with Gasteiger partial charge in [0.25, 0.3) is 0 Å². The molecule has 1 aliphatic heterocycles. The topological polar surface area (TPSA) is 33.5 Å². The Hall–Kier alpha value is -1.69. The number of methoxy groups -OCH3 is 1. The molecule has 1 atom stereocenters. The summed E-state index contributed by atoms with van der Waals surface area (Å²) in [5.74, 6) is 1.50. The molecule has 31 heavy (non-hydrogen) atoms. The molecule has 1 aliphatic carbocycles. The summed E-state index contributed by atoms with van der Waals surface area (Å²) in [4.78, 5) is 5.01. The summed E-state index contributed by atoms with van der Waals surface area (Å²) in [6.07, 6.45) is 10.4. The third-order valence-corrected chi connectivity index (χ3v) is 7.16. The van der Waals surface area contributed by atoms with Crippen molar-refractivity contribution in [3.8, 4) is 11.3 Å². The molecule has 1 aromatic carbocycles. The highest BCUT2D eigenvalue weighted by Crippen LogP contribution is 2.34. The van der Waals surface area contributed by atoms with Crippen molar-refractivity contribution in [2.45, 2.75) is 51.0 Å². The van der Waals surface area contributed by atoms with Crippen LogP contribution in [-0.2, 0) is 18.3 Å². The SMILES string of the molecule is COCCN1CCC(CN(C)Cc2cn(C)nc2-c2ccc(C3CCCCC3)cc2)C1. The molecule has 2 heterocycles. The van der Waals surface area contributed by atoms with Gasteiger partial charge in [-0.25, -0.2) is 0 Å². The molecular weight excluding hydrogens is 384 g/mol. The van der Waals surface area contributed by atoms with Crippen LogP contribution in [0.4, 0.5) is 0 Å². The largest absolute Gasteiger partial charge is 0.383 e. The second-order valence-electron chi connectivity index (χ2n) is 9.78. The summed E-state index contributed by atoms with van der Waals surface area (Å²) < 4.78 is 7.20. The first-order chi connectivity index (χ1) is 15.1. The summed E-state index contributed by atoms with van der Waals surface area (Å²) in [5, 5.41) is 4.82. The number of hydrogen-bond acceptors (Lipinski definition) is 4. The van der Waals surface area contributed by atoms with Crippen LogP contribution in [0.25, 0.3) is 11.3 Å². The Morgan fingerprint density at radius 2 is 1.87 bits per heavy atom. The zero-order valence-corrected chi connectivity index (χ0v) is 19.7. The Labute approximate surface area is 188 Å². The number of rotatable bonds is 9. The lowest BCUT2D eigenvalue weighted by Crippen LogP contribution is -2.29. The van der Waals surface area contributed by atoms with E-state index < -0.39 is 0 Å². The lowest BCUT2D eigenvalue weighted by atomic mass is 9.84. The summed E-state index contributed by atoms with van der Waals surface area (Å²) in [6.45, 7) is 6.37. The van der Waals surface area contributed by atoms with Crippen molar-refractivity contribution >= 4 is 0 Å². The van der Waals surface area contributed by atoms with E-state index in [1.807, 2.05) is 11.7 Å². The monoisotopic (exact) mass is 424 g/mol. The van der Waals surface area contributed by atoms with Crippen molar-refractivity contribution in [1.82, 2.24) is 19.6 Å². The van der Waals surface area contributed by atoms with Crippen LogP contribution in [0, 0.1) is 5.92 Å². The molecule has 1 saturated carbocycles. The van der Waals surface area contributed by atoms with Gasteiger partial charge in [-0.15, -0.1) is 0 Å². The molecule has 2 aliphatic rings. The van der Waals surface area contributed by atoms with Gasteiger partial charge in [0.15, 0.2) is 0 Å². The fourth-order valence-corrected chi connectivity index (χ4v) is 5.53. The van der Waals surface area contributed by atoms with E-state index in [-0.39, 0.29) is 0 Å². The number of likely N-dealkylation sites (tertiary alicyclic amines) is 1. The fraction of sp³-hybridized carbons (Fsp3) is 0.654. The molecule has 0 radical (unpaired) electrons. The molecule has 1 saturated heterocycles. The van der Waals surface area contributed by atoms with Crippen molar-refractivity contribution in [3.63, 3.8) is 0 Å². The van der Waals surface area contributed by atoms with Gasteiger partial charge in [0.05, 0.1) is 12.3 Å². The molecule has 1 aromatic heterocycles. The highest BCUT2D eigenvalue weighted by Gasteiger charge is 2.24. The van der Waals surface area contributed by atoms with Crippen LogP contribution in [0.1, 0.15) is 55.6 Å². The van der Waals surface area contributed by atoms with Gasteiger partial charge in [0.1, 0.15) is 0 Å². The molecule has 0 bridgehead atoms. The number of aromatic nitrogens is 2. The summed E-state index contributed by atoms with van der Waals surface area (Å²) in [7, 11) is 6.07. The number of ether oxygens (including phenoxy) is 1. The molecule has 0 spiro atoms. The maximum atomic E-state index is 5.24. The zero-order valence-electron chi connectivity index (χ0n) is 19.7. The van der Waals surface area contributed by atoms with Crippen LogP contribution < -0.4 is 0 Å². The molecule has 4 rings (SSSR count). The Morgan fingerprint density at radius 3 is 2.61 bits per heavy atom. The molecule has 2 fully saturated rings. The third kappa shape index (κ3) is 5.97. The lowest BCUT2D eigenvalue weighted by molar-refractivity contribution is 0.157. The first-order valence-electron chi connectivity index (χ1n) is 12.1. The number of hydrogen-bond donors (Lipinski definition) is 0. The van der Waals surface area contributed by atoms with E-state index in [0.717, 1.165) is 43.8 Å². The average molecular weight is 425 g/mol. The van der Waals surface area contributed by atoms with Crippen molar-refractivity contribution < 1.29 is 4.74 Å². The normalized spacial score (nSPS) is 20.7. The predicted octanol–water partition coefficient (Wildman–Crippen LogP) is 4.53. The summed E-state index contributed by atoms with van der Waals surface area (Å²) in [5.41, 5.74) is 5.22. The second kappa shape index (κ2) is 10.8. The lowest BCUT2D eigenvalue weighted by Gasteiger charge is -2.22. The smallest absolute Gasteiger partial charge is 0.0968 e. The van der Waals surface area contributed by atoms with Gasteiger partial charge < -0.3 is 14.5 Å². The minimum absolute atomic E-state index is 0.747. The maximum absolute atomic E-state index is 5.24. The summed E-state index contributed by atoms with van der Waals surface area (Å²) >= 11 is 0. The fourth-order valence-electron chi connectivity index (χ4n) is 5.53. The van der Waals surface area contributed by atoms with Gasteiger partial charge in [-0.1, -0.05) is 43.5 Å². The predicted molar refractivity (Wildman–Crippen MR) is 127 cm³/mol. The molecule has 0 amide bonds. The van der Waals surface area contributed by atoms with Crippen molar-refractivity contribution in [1.29, 1.82) is 0 Å². The van der Waals surface area contributed by atoms with E-state index in [2.05, 4.69) is 47.3 Å². The summed E-state index contributed by atoms with van der Waals surface area (Å²) in [6, 6.07) is 9.28. The van der Waals surface area contributed by atoms with Crippen LogP contribution in [0.2, 0.25) is 0 Å². The highest BCUT2D eigenvalue weighted by molar-refractivity contribution is 5.63. The highest BCUT2D eigenvalue weighted by atomic mass is 16.5. The average Bonchev–Trinajstić information content (AvgIpc) is 3.38. The van der Waals surface area contributed by atoms with Crippen molar-refractivity contribution in [3.05, 3.63) is 41.6 Å². The molecule has 170 valence electrons. The van der Waals surface area contributed by atoms with Gasteiger partial charge >= 0.3 is 0 Å². The van der Waals surface area contributed by atoms with Gasteiger partial charge in [-0.3, -0.25) is 4.68 Å². The number of benzene rings is 1. The van der Waals surface area contributed by atoms with Crippen LogP contribution in [-0.4, -0.2) is 66.5 Å². The first kappa shape index (κ1) is 22.5. The Bertz CT molecular complexity index is 809. The van der Waals surface area contributed by atoms with E-state index in [9.17, 15) is 0 Å². The van der Waals surface area contributed by atoms with Gasteiger partial charge in [0, 0.05) is 57.7 Å². The van der Waals surface area contributed by atoms with Crippen molar-refractivity contribution in [2.24, 2.45) is 13.0 Å². The van der Waals surface area contributed by atoms with Crippen molar-refractivity contribution in [2.75, 3.05) is 46.9 Å². The van der Waals surface area contributed by atoms with Gasteiger partial charge in [0.2, 0.25) is 0 Å². The molecule has 1 unspecified atom stereocenters. The second-order valence-corrected chi connectivity index (χ2v) is 9.78.